The van der Waals surface area contributed by atoms with Crippen molar-refractivity contribution in [2.75, 3.05) is 18.8 Å². The van der Waals surface area contributed by atoms with Crippen LogP contribution in [0.4, 0.5) is 18.9 Å². The zero-order chi connectivity index (χ0) is 15.3. The molecule has 0 saturated carbocycles. The number of carbonyl (C=O) groups is 2. The van der Waals surface area contributed by atoms with Gasteiger partial charge in [0.1, 0.15) is 0 Å². The van der Waals surface area contributed by atoms with Crippen LogP contribution < -0.4 is 16.4 Å². The molecular formula is C12H14F3N3O2. The fraction of sp³-hybridized carbons (Fsp3) is 0.333. The summed E-state index contributed by atoms with van der Waals surface area (Å²) in [6.07, 6.45) is -4.61. The van der Waals surface area contributed by atoms with E-state index in [1.54, 1.807) is 0 Å². The number of nitrogen functional groups attached to an aromatic ring is 1. The van der Waals surface area contributed by atoms with Crippen LogP contribution in [0.5, 0.6) is 0 Å². The largest absolute Gasteiger partial charge is 0.418 e. The lowest BCUT2D eigenvalue weighted by Crippen LogP contribution is -2.33. The number of carbonyl (C=O) groups excluding carboxylic acids is 2. The van der Waals surface area contributed by atoms with E-state index >= 15 is 0 Å². The number of amides is 2. The molecule has 5 nitrogen and oxygen atoms in total. The highest BCUT2D eigenvalue weighted by atomic mass is 19.4. The Morgan fingerprint density at radius 2 is 1.80 bits per heavy atom. The molecule has 0 atom stereocenters. The van der Waals surface area contributed by atoms with Crippen molar-refractivity contribution in [1.29, 1.82) is 0 Å². The average Bonchev–Trinajstić information content (AvgIpc) is 2.33. The van der Waals surface area contributed by atoms with Crippen molar-refractivity contribution in [2.24, 2.45) is 0 Å². The predicted octanol–water partition coefficient (Wildman–Crippen LogP) is 1.15. The molecule has 0 radical (unpaired) electrons. The third-order valence-corrected chi connectivity index (χ3v) is 2.41. The van der Waals surface area contributed by atoms with Crippen molar-refractivity contribution in [1.82, 2.24) is 10.6 Å². The van der Waals surface area contributed by atoms with Crippen LogP contribution in [0.2, 0.25) is 0 Å². The van der Waals surface area contributed by atoms with Crippen molar-refractivity contribution >= 4 is 17.5 Å². The summed E-state index contributed by atoms with van der Waals surface area (Å²) in [5.74, 6) is -0.924. The fourth-order valence-corrected chi connectivity index (χ4v) is 1.46. The fourth-order valence-electron chi connectivity index (χ4n) is 1.46. The molecule has 20 heavy (non-hydrogen) atoms. The number of rotatable bonds is 4. The Labute approximate surface area is 113 Å². The monoisotopic (exact) mass is 289 g/mol. The molecule has 0 spiro atoms. The van der Waals surface area contributed by atoms with Gasteiger partial charge in [0.25, 0.3) is 5.91 Å². The summed E-state index contributed by atoms with van der Waals surface area (Å²) in [6, 6.07) is 2.94. The molecule has 0 aliphatic rings. The summed E-state index contributed by atoms with van der Waals surface area (Å²) < 4.78 is 37.9. The number of nitrogens with one attached hydrogen (secondary N) is 2. The molecule has 0 saturated heterocycles. The number of hydrogen-bond acceptors (Lipinski definition) is 3. The summed E-state index contributed by atoms with van der Waals surface area (Å²) >= 11 is 0. The van der Waals surface area contributed by atoms with Gasteiger partial charge in [0.2, 0.25) is 5.91 Å². The van der Waals surface area contributed by atoms with Crippen molar-refractivity contribution in [3.05, 3.63) is 29.3 Å². The van der Waals surface area contributed by atoms with Gasteiger partial charge in [-0.15, -0.1) is 0 Å². The molecule has 1 aromatic carbocycles. The summed E-state index contributed by atoms with van der Waals surface area (Å²) in [6.45, 7) is 1.63. The van der Waals surface area contributed by atoms with Crippen LogP contribution >= 0.6 is 0 Å². The summed E-state index contributed by atoms with van der Waals surface area (Å²) in [7, 11) is 0. The smallest absolute Gasteiger partial charge is 0.398 e. The quantitative estimate of drug-likeness (QED) is 0.574. The molecule has 0 aliphatic carbocycles. The van der Waals surface area contributed by atoms with Gasteiger partial charge in [0, 0.05) is 31.3 Å². The number of halogens is 3. The van der Waals surface area contributed by atoms with Gasteiger partial charge in [-0.25, -0.2) is 0 Å². The third kappa shape index (κ3) is 4.45. The third-order valence-electron chi connectivity index (χ3n) is 2.41. The second-order valence-electron chi connectivity index (χ2n) is 4.04. The van der Waals surface area contributed by atoms with Crippen molar-refractivity contribution < 1.29 is 22.8 Å². The van der Waals surface area contributed by atoms with Gasteiger partial charge in [-0.3, -0.25) is 9.59 Å². The second-order valence-corrected chi connectivity index (χ2v) is 4.04. The SMILES string of the molecule is CC(=O)NCCNC(=O)c1ccc(N)c(C(F)(F)F)c1. The van der Waals surface area contributed by atoms with E-state index in [1.165, 1.54) is 13.0 Å². The topological polar surface area (TPSA) is 84.2 Å². The molecule has 1 aromatic rings. The van der Waals surface area contributed by atoms with Gasteiger partial charge in [-0.05, 0) is 18.2 Å². The average molecular weight is 289 g/mol. The molecule has 4 N–H and O–H groups in total. The predicted molar refractivity (Wildman–Crippen MR) is 66.9 cm³/mol. The Morgan fingerprint density at radius 1 is 1.20 bits per heavy atom. The Morgan fingerprint density at radius 3 is 2.35 bits per heavy atom. The van der Waals surface area contributed by atoms with Crippen LogP contribution in [-0.2, 0) is 11.0 Å². The zero-order valence-corrected chi connectivity index (χ0v) is 10.7. The van der Waals surface area contributed by atoms with E-state index in [0.29, 0.717) is 6.07 Å². The molecule has 8 heteroatoms. The number of benzene rings is 1. The summed E-state index contributed by atoms with van der Waals surface area (Å²) in [4.78, 5) is 22.2. The number of hydrogen-bond donors (Lipinski definition) is 3. The minimum Gasteiger partial charge on any atom is -0.398 e. The molecule has 0 aliphatic heterocycles. The standard InChI is InChI=1S/C12H14F3N3O2/c1-7(19)17-4-5-18-11(20)8-2-3-10(16)9(6-8)12(13,14)15/h2-3,6H,4-5,16H2,1H3,(H,17,19)(H,18,20). The lowest BCUT2D eigenvalue weighted by Gasteiger charge is -2.12. The molecular weight excluding hydrogens is 275 g/mol. The van der Waals surface area contributed by atoms with E-state index in [9.17, 15) is 22.8 Å². The lowest BCUT2D eigenvalue weighted by atomic mass is 10.1. The van der Waals surface area contributed by atoms with Crippen molar-refractivity contribution in [2.45, 2.75) is 13.1 Å². The van der Waals surface area contributed by atoms with Crippen molar-refractivity contribution in [3.63, 3.8) is 0 Å². The Kier molecular flexibility index (Phi) is 4.95. The zero-order valence-electron chi connectivity index (χ0n) is 10.7. The summed E-state index contributed by atoms with van der Waals surface area (Å²) in [5.41, 5.74) is 3.60. The van der Waals surface area contributed by atoms with E-state index in [4.69, 9.17) is 5.73 Å². The van der Waals surface area contributed by atoms with Crippen LogP contribution in [0.15, 0.2) is 18.2 Å². The summed E-state index contributed by atoms with van der Waals surface area (Å²) in [5, 5.41) is 4.83. The van der Waals surface area contributed by atoms with E-state index in [0.717, 1.165) is 6.07 Å². The first-order valence-corrected chi connectivity index (χ1v) is 5.71. The minimum atomic E-state index is -4.61. The molecule has 0 bridgehead atoms. The van der Waals surface area contributed by atoms with Crippen LogP contribution in [0.3, 0.4) is 0 Å². The molecule has 0 unspecified atom stereocenters. The van der Waals surface area contributed by atoms with Gasteiger partial charge in [-0.2, -0.15) is 13.2 Å². The minimum absolute atomic E-state index is 0.115. The highest BCUT2D eigenvalue weighted by Gasteiger charge is 2.33. The van der Waals surface area contributed by atoms with Gasteiger partial charge in [0.05, 0.1) is 5.56 Å². The van der Waals surface area contributed by atoms with E-state index in [1.807, 2.05) is 0 Å². The first-order valence-electron chi connectivity index (χ1n) is 5.71. The molecule has 0 heterocycles. The van der Waals surface area contributed by atoms with E-state index < -0.39 is 23.3 Å². The van der Waals surface area contributed by atoms with Crippen LogP contribution in [0.1, 0.15) is 22.8 Å². The van der Waals surface area contributed by atoms with Gasteiger partial charge < -0.3 is 16.4 Å². The molecule has 110 valence electrons. The van der Waals surface area contributed by atoms with Crippen LogP contribution in [-0.4, -0.2) is 24.9 Å². The van der Waals surface area contributed by atoms with Crippen LogP contribution in [0.25, 0.3) is 0 Å². The molecule has 0 fully saturated rings. The Bertz CT molecular complexity index is 515. The maximum absolute atomic E-state index is 12.6. The van der Waals surface area contributed by atoms with Gasteiger partial charge in [0.15, 0.2) is 0 Å². The first-order chi connectivity index (χ1) is 9.21. The normalized spacial score (nSPS) is 11.0. The molecule has 0 aromatic heterocycles. The number of alkyl halides is 3. The number of nitrogens with two attached hydrogens (primary N) is 1. The van der Waals surface area contributed by atoms with Gasteiger partial charge >= 0.3 is 6.18 Å². The maximum atomic E-state index is 12.6. The second kappa shape index (κ2) is 6.27. The number of anilines is 1. The lowest BCUT2D eigenvalue weighted by molar-refractivity contribution is -0.136. The van der Waals surface area contributed by atoms with E-state index in [2.05, 4.69) is 10.6 Å². The van der Waals surface area contributed by atoms with E-state index in [-0.39, 0.29) is 24.6 Å². The molecule has 2 amide bonds. The van der Waals surface area contributed by atoms with Crippen LogP contribution in [0, 0.1) is 0 Å². The Hall–Kier alpha value is -2.25. The maximum Gasteiger partial charge on any atom is 0.418 e. The molecule has 1 rings (SSSR count). The highest BCUT2D eigenvalue weighted by molar-refractivity contribution is 5.94. The van der Waals surface area contributed by atoms with Gasteiger partial charge in [-0.1, -0.05) is 0 Å². The Balaban J connectivity index is 2.72. The highest BCUT2D eigenvalue weighted by Crippen LogP contribution is 2.33. The van der Waals surface area contributed by atoms with Crippen molar-refractivity contribution in [3.8, 4) is 0 Å². The first kappa shape index (κ1) is 15.8.